The Bertz CT molecular complexity index is 426. The van der Waals surface area contributed by atoms with Crippen LogP contribution in [0.2, 0.25) is 5.02 Å². The van der Waals surface area contributed by atoms with Crippen LogP contribution in [0.15, 0.2) is 24.3 Å². The van der Waals surface area contributed by atoms with E-state index in [-0.39, 0.29) is 6.04 Å². The predicted octanol–water partition coefficient (Wildman–Crippen LogP) is 3.52. The summed E-state index contributed by atoms with van der Waals surface area (Å²) in [5.41, 5.74) is 0.507. The van der Waals surface area contributed by atoms with Crippen molar-refractivity contribution in [2.45, 2.75) is 38.8 Å². The quantitative estimate of drug-likeness (QED) is 0.874. The summed E-state index contributed by atoms with van der Waals surface area (Å²) in [4.78, 5) is 11.9. The summed E-state index contributed by atoms with van der Waals surface area (Å²) >= 11 is 5.89. The normalized spacial score (nSPS) is 12.8. The zero-order valence-corrected chi connectivity index (χ0v) is 13.3. The lowest BCUT2D eigenvalue weighted by atomic mass is 10.0. The Morgan fingerprint density at radius 3 is 2.40 bits per heavy atom. The van der Waals surface area contributed by atoms with Gasteiger partial charge >= 0.3 is 6.09 Å². The molecule has 0 heterocycles. The van der Waals surface area contributed by atoms with E-state index in [9.17, 15) is 4.79 Å². The van der Waals surface area contributed by atoms with Gasteiger partial charge in [0.2, 0.25) is 0 Å². The summed E-state index contributed by atoms with van der Waals surface area (Å²) in [6.07, 6.45) is 0.366. The van der Waals surface area contributed by atoms with Gasteiger partial charge in [-0.1, -0.05) is 23.7 Å². The molecule has 2 N–H and O–H groups in total. The topological polar surface area (TPSA) is 50.4 Å². The van der Waals surface area contributed by atoms with Crippen LogP contribution in [0.5, 0.6) is 0 Å². The van der Waals surface area contributed by atoms with E-state index in [0.717, 1.165) is 18.5 Å². The molecule has 1 aromatic carbocycles. The van der Waals surface area contributed by atoms with Crippen LogP contribution in [0, 0.1) is 0 Å². The fraction of sp³-hybridized carbons (Fsp3) is 0.533. The maximum atomic E-state index is 11.9. The highest BCUT2D eigenvalue weighted by Gasteiger charge is 2.20. The van der Waals surface area contributed by atoms with Crippen LogP contribution < -0.4 is 10.6 Å². The molecule has 0 radical (unpaired) electrons. The van der Waals surface area contributed by atoms with Gasteiger partial charge in [-0.2, -0.15) is 0 Å². The Labute approximate surface area is 125 Å². The summed E-state index contributed by atoms with van der Waals surface area (Å²) in [5, 5.41) is 6.66. The Hall–Kier alpha value is -1.26. The average Bonchev–Trinajstić information content (AvgIpc) is 2.33. The number of halogens is 1. The van der Waals surface area contributed by atoms with E-state index >= 15 is 0 Å². The first-order chi connectivity index (χ1) is 9.31. The van der Waals surface area contributed by atoms with Crippen LogP contribution in [-0.4, -0.2) is 25.3 Å². The molecule has 112 valence electrons. The molecule has 20 heavy (non-hydrogen) atoms. The average molecular weight is 299 g/mol. The molecule has 1 atom stereocenters. The lowest BCUT2D eigenvalue weighted by molar-refractivity contribution is 0.0501. The van der Waals surface area contributed by atoms with Crippen molar-refractivity contribution in [1.82, 2.24) is 10.6 Å². The number of rotatable bonds is 5. The summed E-state index contributed by atoms with van der Waals surface area (Å²) < 4.78 is 5.30. The monoisotopic (exact) mass is 298 g/mol. The molecule has 4 nitrogen and oxygen atoms in total. The first kappa shape index (κ1) is 16.8. The summed E-state index contributed by atoms with van der Waals surface area (Å²) in [6, 6.07) is 7.37. The number of ether oxygens (including phenoxy) is 1. The number of alkyl carbamates (subject to hydrolysis) is 1. The number of amides is 1. The predicted molar refractivity (Wildman–Crippen MR) is 82.1 cm³/mol. The van der Waals surface area contributed by atoms with E-state index in [4.69, 9.17) is 16.3 Å². The molecule has 0 saturated heterocycles. The minimum atomic E-state index is -0.502. The van der Waals surface area contributed by atoms with Crippen LogP contribution in [0.1, 0.15) is 38.8 Å². The third-order valence-electron chi connectivity index (χ3n) is 2.65. The zero-order chi connectivity index (χ0) is 15.2. The molecule has 1 unspecified atom stereocenters. The number of hydrogen-bond acceptors (Lipinski definition) is 3. The van der Waals surface area contributed by atoms with Gasteiger partial charge < -0.3 is 15.4 Å². The fourth-order valence-electron chi connectivity index (χ4n) is 1.76. The maximum Gasteiger partial charge on any atom is 0.408 e. The standard InChI is InChI=1S/C15H23ClN2O2/c1-15(2,3)20-14(19)18-13(9-10-17-4)11-5-7-12(16)8-6-11/h5-8,13,17H,9-10H2,1-4H3,(H,18,19). The molecule has 0 aliphatic rings. The van der Waals surface area contributed by atoms with Gasteiger partial charge in [-0.3, -0.25) is 0 Å². The number of hydrogen-bond donors (Lipinski definition) is 2. The third kappa shape index (κ3) is 6.26. The molecular weight excluding hydrogens is 276 g/mol. The molecule has 1 rings (SSSR count). The third-order valence-corrected chi connectivity index (χ3v) is 2.90. The molecule has 5 heteroatoms. The fourth-order valence-corrected chi connectivity index (χ4v) is 1.88. The summed E-state index contributed by atoms with van der Waals surface area (Å²) in [5.74, 6) is 0. The van der Waals surface area contributed by atoms with Crippen LogP contribution in [0.4, 0.5) is 4.79 Å². The SMILES string of the molecule is CNCCC(NC(=O)OC(C)(C)C)c1ccc(Cl)cc1. The number of benzene rings is 1. The van der Waals surface area contributed by atoms with Gasteiger partial charge in [-0.15, -0.1) is 0 Å². The van der Waals surface area contributed by atoms with Crippen molar-refractivity contribution in [3.8, 4) is 0 Å². The zero-order valence-electron chi connectivity index (χ0n) is 12.5. The highest BCUT2D eigenvalue weighted by atomic mass is 35.5. The van der Waals surface area contributed by atoms with Crippen LogP contribution >= 0.6 is 11.6 Å². The van der Waals surface area contributed by atoms with Gasteiger partial charge in [0.15, 0.2) is 0 Å². The molecule has 1 amide bonds. The van der Waals surface area contributed by atoms with Gasteiger partial charge in [0.25, 0.3) is 0 Å². The molecule has 0 saturated carbocycles. The second-order valence-corrected chi connectivity index (χ2v) is 6.08. The van der Waals surface area contributed by atoms with Crippen molar-refractivity contribution in [2.75, 3.05) is 13.6 Å². The van der Waals surface area contributed by atoms with E-state index in [2.05, 4.69) is 10.6 Å². The van der Waals surface area contributed by atoms with E-state index in [1.54, 1.807) is 0 Å². The smallest absolute Gasteiger partial charge is 0.408 e. The van der Waals surface area contributed by atoms with Crippen molar-refractivity contribution < 1.29 is 9.53 Å². The number of carbonyl (C=O) groups excluding carboxylic acids is 1. The number of carbonyl (C=O) groups is 1. The van der Waals surface area contributed by atoms with Crippen LogP contribution in [0.25, 0.3) is 0 Å². The molecule has 0 spiro atoms. The Morgan fingerprint density at radius 2 is 1.90 bits per heavy atom. The lowest BCUT2D eigenvalue weighted by Crippen LogP contribution is -2.35. The first-order valence-electron chi connectivity index (χ1n) is 6.71. The van der Waals surface area contributed by atoms with E-state index in [1.165, 1.54) is 0 Å². The van der Waals surface area contributed by atoms with Crippen molar-refractivity contribution >= 4 is 17.7 Å². The van der Waals surface area contributed by atoms with Crippen molar-refractivity contribution in [3.63, 3.8) is 0 Å². The largest absolute Gasteiger partial charge is 0.444 e. The van der Waals surface area contributed by atoms with Crippen LogP contribution in [-0.2, 0) is 4.74 Å². The first-order valence-corrected chi connectivity index (χ1v) is 7.09. The van der Waals surface area contributed by atoms with E-state index < -0.39 is 11.7 Å². The van der Waals surface area contributed by atoms with Gasteiger partial charge in [-0.05, 0) is 58.5 Å². The maximum absolute atomic E-state index is 11.9. The Kier molecular flexibility index (Phi) is 6.30. The molecular formula is C15H23ClN2O2. The Morgan fingerprint density at radius 1 is 1.30 bits per heavy atom. The second kappa shape index (κ2) is 7.50. The lowest BCUT2D eigenvalue weighted by Gasteiger charge is -2.24. The van der Waals surface area contributed by atoms with Crippen molar-refractivity contribution in [1.29, 1.82) is 0 Å². The Balaban J connectivity index is 2.74. The molecule has 0 aromatic heterocycles. The second-order valence-electron chi connectivity index (χ2n) is 5.64. The molecule has 0 bridgehead atoms. The van der Waals surface area contributed by atoms with E-state index in [0.29, 0.717) is 5.02 Å². The van der Waals surface area contributed by atoms with Crippen molar-refractivity contribution in [3.05, 3.63) is 34.9 Å². The van der Waals surface area contributed by atoms with Gasteiger partial charge in [0.05, 0.1) is 6.04 Å². The van der Waals surface area contributed by atoms with E-state index in [1.807, 2.05) is 52.1 Å². The minimum absolute atomic E-state index is 0.102. The molecule has 0 fully saturated rings. The summed E-state index contributed by atoms with van der Waals surface area (Å²) in [6.45, 7) is 6.33. The van der Waals surface area contributed by atoms with Gasteiger partial charge in [0, 0.05) is 5.02 Å². The van der Waals surface area contributed by atoms with Crippen molar-refractivity contribution in [2.24, 2.45) is 0 Å². The summed E-state index contributed by atoms with van der Waals surface area (Å²) in [7, 11) is 1.88. The highest BCUT2D eigenvalue weighted by Crippen LogP contribution is 2.20. The molecule has 0 aliphatic carbocycles. The van der Waals surface area contributed by atoms with Crippen LogP contribution in [0.3, 0.4) is 0 Å². The minimum Gasteiger partial charge on any atom is -0.444 e. The molecule has 0 aliphatic heterocycles. The highest BCUT2D eigenvalue weighted by molar-refractivity contribution is 6.30. The molecule has 1 aromatic rings. The van der Waals surface area contributed by atoms with Gasteiger partial charge in [-0.25, -0.2) is 4.79 Å². The van der Waals surface area contributed by atoms with Gasteiger partial charge in [0.1, 0.15) is 5.60 Å². The number of nitrogens with one attached hydrogen (secondary N) is 2.